The van der Waals surface area contributed by atoms with E-state index in [1.54, 1.807) is 17.4 Å². The van der Waals surface area contributed by atoms with E-state index in [4.69, 9.17) is 8.94 Å². The summed E-state index contributed by atoms with van der Waals surface area (Å²) in [5, 5.41) is 8.89. The van der Waals surface area contributed by atoms with Gasteiger partial charge in [-0.3, -0.25) is 9.69 Å². The number of piperazine rings is 1. The van der Waals surface area contributed by atoms with E-state index in [1.807, 2.05) is 36.6 Å². The molecular weight excluding hydrogens is 412 g/mol. The van der Waals surface area contributed by atoms with Gasteiger partial charge in [0.2, 0.25) is 0 Å². The lowest BCUT2D eigenvalue weighted by Gasteiger charge is -2.37. The van der Waals surface area contributed by atoms with Crippen LogP contribution < -0.4 is 5.32 Å². The Balaban J connectivity index is 0.00000240. The van der Waals surface area contributed by atoms with Crippen molar-refractivity contribution in [2.24, 2.45) is 0 Å². The number of hydrogen-bond donors (Lipinski definition) is 1. The summed E-state index contributed by atoms with van der Waals surface area (Å²) in [6.45, 7) is 6.25. The van der Waals surface area contributed by atoms with Crippen LogP contribution in [0.3, 0.4) is 0 Å². The number of halogens is 1. The van der Waals surface area contributed by atoms with Gasteiger partial charge in [0.1, 0.15) is 11.5 Å². The second-order valence-corrected chi connectivity index (χ2v) is 8.01. The van der Waals surface area contributed by atoms with E-state index in [9.17, 15) is 4.79 Å². The minimum Gasteiger partial charge on any atom is -0.465 e. The molecule has 0 radical (unpaired) electrons. The van der Waals surface area contributed by atoms with Crippen LogP contribution >= 0.6 is 23.7 Å². The fourth-order valence-corrected chi connectivity index (χ4v) is 4.05. The number of aromatic nitrogens is 1. The maximum Gasteiger partial charge on any atom is 0.273 e. The molecule has 4 heterocycles. The molecule has 1 amide bonds. The number of nitrogens with one attached hydrogen (secondary N) is 1. The molecule has 4 rings (SSSR count). The molecule has 0 saturated carbocycles. The highest BCUT2D eigenvalue weighted by atomic mass is 35.5. The van der Waals surface area contributed by atoms with Crippen LogP contribution in [0.25, 0.3) is 10.6 Å². The fraction of sp³-hybridized carbons (Fsp3) is 0.400. The van der Waals surface area contributed by atoms with E-state index in [0.717, 1.165) is 42.6 Å². The molecule has 0 spiro atoms. The second-order valence-electron chi connectivity index (χ2n) is 7.07. The molecule has 0 aromatic carbocycles. The lowest BCUT2D eigenvalue weighted by molar-refractivity contribution is 0.0843. The quantitative estimate of drug-likeness (QED) is 0.638. The first-order valence-electron chi connectivity index (χ1n) is 9.38. The highest BCUT2D eigenvalue weighted by molar-refractivity contribution is 7.13. The number of furan rings is 1. The summed E-state index contributed by atoms with van der Waals surface area (Å²) in [5.74, 6) is 2.12. The third kappa shape index (κ3) is 5.08. The number of carbonyl (C=O) groups excluding carboxylic acids is 1. The first-order chi connectivity index (χ1) is 13.6. The molecule has 1 atom stereocenters. The number of rotatable bonds is 6. The number of carbonyl (C=O) groups is 1. The van der Waals surface area contributed by atoms with Gasteiger partial charge < -0.3 is 19.2 Å². The Labute approximate surface area is 180 Å². The number of hydrogen-bond acceptors (Lipinski definition) is 7. The smallest absolute Gasteiger partial charge is 0.273 e. The van der Waals surface area contributed by atoms with Gasteiger partial charge in [-0.25, -0.2) is 0 Å². The van der Waals surface area contributed by atoms with Crippen molar-refractivity contribution in [1.29, 1.82) is 0 Å². The van der Waals surface area contributed by atoms with Crippen molar-refractivity contribution in [2.45, 2.75) is 13.0 Å². The molecule has 3 aromatic rings. The highest BCUT2D eigenvalue weighted by Crippen LogP contribution is 2.26. The zero-order valence-electron chi connectivity index (χ0n) is 16.5. The topological polar surface area (TPSA) is 74.8 Å². The maximum absolute atomic E-state index is 12.6. The van der Waals surface area contributed by atoms with Gasteiger partial charge in [0.25, 0.3) is 5.91 Å². The number of thiophene rings is 1. The standard InChI is InChI=1S/C20H24N4O3S.ClH/c1-14-5-6-17(26-14)16(24-9-7-23(2)8-10-24)13-21-20(25)15-12-18(27-22-15)19-4-3-11-28-19;/h3-6,11-12,16H,7-10,13H2,1-2H3,(H,21,25);1H. The largest absolute Gasteiger partial charge is 0.465 e. The molecule has 156 valence electrons. The predicted octanol–water partition coefficient (Wildman–Crippen LogP) is 3.44. The molecular formula is C20H25ClN4O3S. The van der Waals surface area contributed by atoms with Crippen molar-refractivity contribution in [3.8, 4) is 10.6 Å². The Morgan fingerprint density at radius 2 is 2.07 bits per heavy atom. The SMILES string of the molecule is Cc1ccc(C(CNC(=O)c2cc(-c3cccs3)on2)N2CCN(C)CC2)o1.Cl. The van der Waals surface area contributed by atoms with Gasteiger partial charge in [-0.1, -0.05) is 11.2 Å². The minimum absolute atomic E-state index is 0. The van der Waals surface area contributed by atoms with Crippen molar-refractivity contribution < 1.29 is 13.7 Å². The lowest BCUT2D eigenvalue weighted by atomic mass is 10.1. The first kappa shape index (κ1) is 21.6. The van der Waals surface area contributed by atoms with Crippen LogP contribution in [-0.2, 0) is 0 Å². The normalized spacial score (nSPS) is 16.3. The monoisotopic (exact) mass is 436 g/mol. The Kier molecular flexibility index (Phi) is 7.13. The molecule has 1 unspecified atom stereocenters. The van der Waals surface area contributed by atoms with E-state index in [0.29, 0.717) is 12.3 Å². The molecule has 3 aromatic heterocycles. The Morgan fingerprint density at radius 1 is 1.28 bits per heavy atom. The van der Waals surface area contributed by atoms with Gasteiger partial charge >= 0.3 is 0 Å². The summed E-state index contributed by atoms with van der Waals surface area (Å²) in [4.78, 5) is 18.2. The van der Waals surface area contributed by atoms with Crippen molar-refractivity contribution in [1.82, 2.24) is 20.3 Å². The average molecular weight is 437 g/mol. The molecule has 1 aliphatic heterocycles. The molecule has 1 fully saturated rings. The maximum atomic E-state index is 12.6. The summed E-state index contributed by atoms with van der Waals surface area (Å²) in [5.41, 5.74) is 0.288. The van der Waals surface area contributed by atoms with Gasteiger partial charge in [-0.05, 0) is 37.6 Å². The highest BCUT2D eigenvalue weighted by Gasteiger charge is 2.27. The molecule has 0 aliphatic carbocycles. The zero-order chi connectivity index (χ0) is 19.5. The molecule has 1 saturated heterocycles. The van der Waals surface area contributed by atoms with Crippen LogP contribution in [-0.4, -0.2) is 60.6 Å². The van der Waals surface area contributed by atoms with Crippen LogP contribution in [0.2, 0.25) is 0 Å². The first-order valence-corrected chi connectivity index (χ1v) is 10.3. The third-order valence-electron chi connectivity index (χ3n) is 5.03. The van der Waals surface area contributed by atoms with E-state index < -0.39 is 0 Å². The summed E-state index contributed by atoms with van der Waals surface area (Å²) in [6.07, 6.45) is 0. The van der Waals surface area contributed by atoms with Crippen molar-refractivity contribution in [3.05, 3.63) is 52.9 Å². The fourth-order valence-electron chi connectivity index (χ4n) is 3.37. The molecule has 1 aliphatic rings. The summed E-state index contributed by atoms with van der Waals surface area (Å²) in [6, 6.07) is 9.52. The van der Waals surface area contributed by atoms with Gasteiger partial charge in [0.15, 0.2) is 11.5 Å². The number of likely N-dealkylation sites (N-methyl/N-ethyl adjacent to an activating group) is 1. The van der Waals surface area contributed by atoms with Gasteiger partial charge in [0.05, 0.1) is 10.9 Å². The number of nitrogens with zero attached hydrogens (tertiary/aromatic N) is 3. The zero-order valence-corrected chi connectivity index (χ0v) is 18.1. The summed E-state index contributed by atoms with van der Waals surface area (Å²) < 4.78 is 11.2. The van der Waals surface area contributed by atoms with E-state index >= 15 is 0 Å². The van der Waals surface area contributed by atoms with E-state index in [-0.39, 0.29) is 30.0 Å². The molecule has 1 N–H and O–H groups in total. The molecule has 0 bridgehead atoms. The predicted molar refractivity (Wildman–Crippen MR) is 115 cm³/mol. The Hall–Kier alpha value is -2.13. The van der Waals surface area contributed by atoms with Crippen LogP contribution in [0.15, 0.2) is 44.7 Å². The number of amides is 1. The minimum atomic E-state index is -0.242. The third-order valence-corrected chi connectivity index (χ3v) is 5.92. The molecule has 7 nitrogen and oxygen atoms in total. The van der Waals surface area contributed by atoms with E-state index in [1.165, 1.54) is 0 Å². The lowest BCUT2D eigenvalue weighted by Crippen LogP contribution is -2.48. The molecule has 9 heteroatoms. The van der Waals surface area contributed by atoms with Gasteiger partial charge in [0, 0.05) is 38.8 Å². The summed E-state index contributed by atoms with van der Waals surface area (Å²) in [7, 11) is 2.13. The second kappa shape index (κ2) is 9.58. The molecule has 29 heavy (non-hydrogen) atoms. The van der Waals surface area contributed by atoms with Crippen molar-refractivity contribution >= 4 is 29.7 Å². The van der Waals surface area contributed by atoms with Gasteiger partial charge in [-0.15, -0.1) is 23.7 Å². The Morgan fingerprint density at radius 3 is 2.72 bits per heavy atom. The van der Waals surface area contributed by atoms with E-state index in [2.05, 4.69) is 27.3 Å². The van der Waals surface area contributed by atoms with Crippen LogP contribution in [0.1, 0.15) is 28.1 Å². The van der Waals surface area contributed by atoms with Crippen molar-refractivity contribution in [3.63, 3.8) is 0 Å². The number of aryl methyl sites for hydroxylation is 1. The van der Waals surface area contributed by atoms with Crippen LogP contribution in [0, 0.1) is 6.92 Å². The average Bonchev–Trinajstić information content (AvgIpc) is 3.44. The van der Waals surface area contributed by atoms with Crippen LogP contribution in [0.4, 0.5) is 0 Å². The summed E-state index contributed by atoms with van der Waals surface area (Å²) >= 11 is 1.55. The van der Waals surface area contributed by atoms with Crippen molar-refractivity contribution in [2.75, 3.05) is 39.8 Å². The Bertz CT molecular complexity index is 916. The van der Waals surface area contributed by atoms with Crippen LogP contribution in [0.5, 0.6) is 0 Å². The van der Waals surface area contributed by atoms with Gasteiger partial charge in [-0.2, -0.15) is 0 Å².